The molecule has 0 aromatic carbocycles. The molecule has 0 spiro atoms. The van der Waals surface area contributed by atoms with E-state index in [1.807, 2.05) is 6.66 Å². The molecule has 2 atom stereocenters. The first kappa shape index (κ1) is 7.39. The molecule has 0 bridgehead atoms. The number of aliphatic hydroxyl groups excluding tert-OH is 1. The minimum Gasteiger partial charge on any atom is -0.389 e. The number of hydrogen-bond acceptors (Lipinski definition) is 1. The third-order valence-corrected chi connectivity index (χ3v) is 1.85. The van der Waals surface area contributed by atoms with Crippen LogP contribution in [-0.2, 0) is 0 Å². The number of hydrogen-bond donors (Lipinski definition) is 1. The summed E-state index contributed by atoms with van der Waals surface area (Å²) in [6.45, 7) is 4.11. The van der Waals surface area contributed by atoms with Crippen molar-refractivity contribution in [2.45, 2.75) is 25.6 Å². The molecule has 0 radical (unpaired) electrons. The lowest BCUT2D eigenvalue weighted by Crippen LogP contribution is -1.94. The highest BCUT2D eigenvalue weighted by atomic mass is 31.1. The lowest BCUT2D eigenvalue weighted by atomic mass is 10.4. The van der Waals surface area contributed by atoms with E-state index in [1.54, 1.807) is 0 Å². The zero-order valence-corrected chi connectivity index (χ0v) is 5.94. The molecule has 2 heteroatoms. The zero-order chi connectivity index (χ0) is 5.70. The highest BCUT2D eigenvalue weighted by Gasteiger charge is 1.94. The smallest absolute Gasteiger partial charge is 0.0699 e. The van der Waals surface area contributed by atoms with Gasteiger partial charge >= 0.3 is 0 Å². The monoisotopic (exact) mass is 120 g/mol. The first-order valence-electron chi connectivity index (χ1n) is 2.66. The van der Waals surface area contributed by atoms with E-state index in [0.717, 1.165) is 12.8 Å². The van der Waals surface area contributed by atoms with E-state index in [0.29, 0.717) is 8.58 Å². The fourth-order valence-electron chi connectivity index (χ4n) is 0.418. The Morgan fingerprint density at radius 3 is 2.43 bits per heavy atom. The molecule has 1 N–H and O–H groups in total. The third-order valence-electron chi connectivity index (χ3n) is 0.895. The normalized spacial score (nSPS) is 15.9. The minimum absolute atomic E-state index is 0.0231. The summed E-state index contributed by atoms with van der Waals surface area (Å²) in [4.78, 5) is 0. The second-order valence-electron chi connectivity index (χ2n) is 1.59. The molecule has 0 saturated heterocycles. The molecular weight excluding hydrogens is 107 g/mol. The van der Waals surface area contributed by atoms with Crippen molar-refractivity contribution in [1.82, 2.24) is 0 Å². The summed E-state index contributed by atoms with van der Waals surface area (Å²) in [5.41, 5.74) is 0. The summed E-state index contributed by atoms with van der Waals surface area (Å²) >= 11 is 0. The van der Waals surface area contributed by atoms with Crippen LogP contribution in [0.5, 0.6) is 0 Å². The first-order valence-corrected chi connectivity index (χ1v) is 4.24. The van der Waals surface area contributed by atoms with Crippen LogP contribution in [0.3, 0.4) is 0 Å². The van der Waals surface area contributed by atoms with Gasteiger partial charge in [-0.1, -0.05) is 21.9 Å². The second-order valence-corrected chi connectivity index (χ2v) is 2.84. The Morgan fingerprint density at radius 1 is 1.71 bits per heavy atom. The Hall–Kier alpha value is 0.390. The summed E-state index contributed by atoms with van der Waals surface area (Å²) in [5.74, 6) is -0.0231. The molecule has 44 valence electrons. The summed E-state index contributed by atoms with van der Waals surface area (Å²) in [6.07, 6.45) is 2.07. The lowest BCUT2D eigenvalue weighted by molar-refractivity contribution is 0.248. The molecule has 0 saturated carbocycles. The Bertz CT molecular complexity index is 39.1. The summed E-state index contributed by atoms with van der Waals surface area (Å²) in [5, 5.41) is 8.87. The van der Waals surface area contributed by atoms with Crippen LogP contribution in [0.15, 0.2) is 0 Å². The van der Waals surface area contributed by atoms with E-state index in [1.165, 1.54) is 0 Å². The first-order chi connectivity index (χ1) is 3.31. The van der Waals surface area contributed by atoms with E-state index in [9.17, 15) is 0 Å². The maximum absolute atomic E-state index is 8.87. The third kappa shape index (κ3) is 4.24. The zero-order valence-electron chi connectivity index (χ0n) is 4.94. The van der Waals surface area contributed by atoms with Gasteiger partial charge in [0.15, 0.2) is 0 Å². The van der Waals surface area contributed by atoms with E-state index in [4.69, 9.17) is 5.11 Å². The maximum Gasteiger partial charge on any atom is 0.0699 e. The van der Waals surface area contributed by atoms with Crippen LogP contribution in [-0.4, -0.2) is 17.6 Å². The molecule has 7 heavy (non-hydrogen) atoms. The molecular formula is C5H13OP. The molecule has 0 aliphatic rings. The number of aliphatic hydroxyl groups is 1. The summed E-state index contributed by atoms with van der Waals surface area (Å²) < 4.78 is 0. The molecule has 1 nitrogen and oxygen atoms in total. The van der Waals surface area contributed by atoms with Crippen molar-refractivity contribution >= 4 is 8.58 Å². The van der Waals surface area contributed by atoms with Gasteiger partial charge in [0.1, 0.15) is 0 Å². The van der Waals surface area contributed by atoms with Gasteiger partial charge in [0, 0.05) is 0 Å². The van der Waals surface area contributed by atoms with Crippen LogP contribution < -0.4 is 0 Å². The predicted molar refractivity (Wildman–Crippen MR) is 35.2 cm³/mol. The molecule has 0 heterocycles. The van der Waals surface area contributed by atoms with Crippen molar-refractivity contribution < 1.29 is 5.11 Å². The maximum atomic E-state index is 8.87. The second kappa shape index (κ2) is 4.55. The molecule has 0 fully saturated rings. The van der Waals surface area contributed by atoms with Gasteiger partial charge in [-0.2, -0.15) is 0 Å². The van der Waals surface area contributed by atoms with Crippen LogP contribution in [0.4, 0.5) is 0 Å². The van der Waals surface area contributed by atoms with E-state index in [-0.39, 0.29) is 5.85 Å². The van der Waals surface area contributed by atoms with E-state index >= 15 is 0 Å². The van der Waals surface area contributed by atoms with Gasteiger partial charge in [-0.05, 0) is 13.1 Å². The highest BCUT2D eigenvalue weighted by molar-refractivity contribution is 7.37. The van der Waals surface area contributed by atoms with Crippen LogP contribution >= 0.6 is 8.58 Å². The average Bonchev–Trinajstić information content (AvgIpc) is 1.68. The summed E-state index contributed by atoms with van der Waals surface area (Å²) in [6, 6.07) is 0. The predicted octanol–water partition coefficient (Wildman–Crippen LogP) is 1.41. The Labute approximate surface area is 46.9 Å². The fourth-order valence-corrected chi connectivity index (χ4v) is 0.995. The molecule has 0 aromatic rings. The van der Waals surface area contributed by atoms with Crippen LogP contribution in [0.2, 0.25) is 0 Å². The fraction of sp³-hybridized carbons (Fsp3) is 1.00. The van der Waals surface area contributed by atoms with Crippen molar-refractivity contribution in [2.75, 3.05) is 6.66 Å². The van der Waals surface area contributed by atoms with Crippen molar-refractivity contribution in [1.29, 1.82) is 0 Å². The topological polar surface area (TPSA) is 20.2 Å². The standard InChI is InChI=1S/C5H13OP/c1-3-4-5(6)7-2/h5-7H,3-4H2,1-2H3. The average molecular weight is 120 g/mol. The van der Waals surface area contributed by atoms with Crippen LogP contribution in [0.25, 0.3) is 0 Å². The highest BCUT2D eigenvalue weighted by Crippen LogP contribution is 2.14. The van der Waals surface area contributed by atoms with Crippen LogP contribution in [0, 0.1) is 0 Å². The van der Waals surface area contributed by atoms with Gasteiger partial charge in [0.2, 0.25) is 0 Å². The van der Waals surface area contributed by atoms with Crippen molar-refractivity contribution in [3.8, 4) is 0 Å². The van der Waals surface area contributed by atoms with Gasteiger partial charge < -0.3 is 5.11 Å². The minimum atomic E-state index is -0.0231. The lowest BCUT2D eigenvalue weighted by Gasteiger charge is -2.02. The Morgan fingerprint density at radius 2 is 2.29 bits per heavy atom. The SMILES string of the molecule is CCCC(O)PC. The van der Waals surface area contributed by atoms with Gasteiger partial charge in [-0.25, -0.2) is 0 Å². The number of rotatable bonds is 3. The molecule has 0 aliphatic carbocycles. The van der Waals surface area contributed by atoms with Crippen molar-refractivity contribution in [2.24, 2.45) is 0 Å². The van der Waals surface area contributed by atoms with Gasteiger partial charge in [-0.15, -0.1) is 0 Å². The molecule has 2 unspecified atom stereocenters. The quantitative estimate of drug-likeness (QED) is 0.558. The van der Waals surface area contributed by atoms with Crippen molar-refractivity contribution in [3.05, 3.63) is 0 Å². The van der Waals surface area contributed by atoms with Gasteiger partial charge in [-0.3, -0.25) is 0 Å². The Balaban J connectivity index is 2.83. The van der Waals surface area contributed by atoms with E-state index in [2.05, 4.69) is 6.92 Å². The molecule has 0 aliphatic heterocycles. The van der Waals surface area contributed by atoms with Crippen molar-refractivity contribution in [3.63, 3.8) is 0 Å². The Kier molecular flexibility index (Phi) is 4.80. The van der Waals surface area contributed by atoms with Gasteiger partial charge in [0.05, 0.1) is 5.85 Å². The van der Waals surface area contributed by atoms with E-state index < -0.39 is 0 Å². The summed E-state index contributed by atoms with van der Waals surface area (Å²) in [7, 11) is 0.694. The molecule has 0 amide bonds. The van der Waals surface area contributed by atoms with Crippen LogP contribution in [0.1, 0.15) is 19.8 Å². The molecule has 0 aromatic heterocycles. The molecule has 0 rings (SSSR count). The largest absolute Gasteiger partial charge is 0.389 e. The van der Waals surface area contributed by atoms with Gasteiger partial charge in [0.25, 0.3) is 0 Å².